The second-order valence-corrected chi connectivity index (χ2v) is 8.19. The van der Waals surface area contributed by atoms with Crippen molar-refractivity contribution in [2.45, 2.75) is 11.8 Å². The Morgan fingerprint density at radius 1 is 1.17 bits per heavy atom. The van der Waals surface area contributed by atoms with Crippen molar-refractivity contribution >= 4 is 22.1 Å². The molecule has 0 aliphatic carbocycles. The van der Waals surface area contributed by atoms with E-state index in [2.05, 4.69) is 10.5 Å². The zero-order valence-corrected chi connectivity index (χ0v) is 17.4. The molecule has 2 aromatic rings. The number of likely N-dealkylation sites (N-methyl/N-ethyl adjacent to an activating group) is 1. The number of hydrogen-bond acceptors (Lipinski definition) is 7. The summed E-state index contributed by atoms with van der Waals surface area (Å²) in [4.78, 5) is 12.2. The number of methoxy groups -OCH3 is 2. The summed E-state index contributed by atoms with van der Waals surface area (Å²) in [6, 6.07) is 9.35. The van der Waals surface area contributed by atoms with Crippen LogP contribution in [0.15, 0.2) is 46.4 Å². The van der Waals surface area contributed by atoms with E-state index in [9.17, 15) is 18.3 Å². The molecule has 29 heavy (non-hydrogen) atoms. The second-order valence-electron chi connectivity index (χ2n) is 6.14. The van der Waals surface area contributed by atoms with Crippen LogP contribution in [0.5, 0.6) is 17.2 Å². The molecule has 0 spiro atoms. The van der Waals surface area contributed by atoms with Gasteiger partial charge in [-0.1, -0.05) is 17.7 Å². The first-order valence-corrected chi connectivity index (χ1v) is 9.93. The lowest BCUT2D eigenvalue weighted by atomic mass is 10.2. The standard InChI is InChI=1S/C19H23N3O6S/c1-13-5-7-15(8-6-13)29(25,26)22(2)12-18(23)21-20-11-14-9-16(27-3)19(24)17(10-14)28-4/h5-11,24H,12H2,1-4H3,(H,21,23)/b20-11+. The van der Waals surface area contributed by atoms with Crippen LogP contribution in [-0.4, -0.2) is 57.8 Å². The topological polar surface area (TPSA) is 118 Å². The Morgan fingerprint density at radius 3 is 2.24 bits per heavy atom. The molecule has 10 heteroatoms. The van der Waals surface area contributed by atoms with E-state index in [1.807, 2.05) is 6.92 Å². The van der Waals surface area contributed by atoms with E-state index in [0.717, 1.165) is 9.87 Å². The molecule has 0 fully saturated rings. The fourth-order valence-electron chi connectivity index (χ4n) is 2.38. The predicted molar refractivity (Wildman–Crippen MR) is 108 cm³/mol. The molecule has 0 bridgehead atoms. The van der Waals surface area contributed by atoms with E-state index >= 15 is 0 Å². The van der Waals surface area contributed by atoms with Gasteiger partial charge in [0.2, 0.25) is 15.8 Å². The fourth-order valence-corrected chi connectivity index (χ4v) is 3.51. The average Bonchev–Trinajstić information content (AvgIpc) is 2.69. The third-order valence-electron chi connectivity index (χ3n) is 4.00. The molecule has 2 aromatic carbocycles. The van der Waals surface area contributed by atoms with Gasteiger partial charge >= 0.3 is 0 Å². The molecule has 0 aromatic heterocycles. The molecule has 2 rings (SSSR count). The van der Waals surface area contributed by atoms with E-state index in [1.54, 1.807) is 12.1 Å². The lowest BCUT2D eigenvalue weighted by Gasteiger charge is -2.16. The number of phenols is 1. The molecule has 0 saturated heterocycles. The lowest BCUT2D eigenvalue weighted by Crippen LogP contribution is -2.36. The van der Waals surface area contributed by atoms with Crippen LogP contribution in [0.3, 0.4) is 0 Å². The molecule has 0 saturated carbocycles. The number of nitrogens with one attached hydrogen (secondary N) is 1. The Kier molecular flexibility index (Phi) is 7.18. The highest BCUT2D eigenvalue weighted by Crippen LogP contribution is 2.36. The van der Waals surface area contributed by atoms with Gasteiger partial charge in [0.15, 0.2) is 11.5 Å². The van der Waals surface area contributed by atoms with Gasteiger partial charge in [0.1, 0.15) is 0 Å². The molecular weight excluding hydrogens is 398 g/mol. The number of hydrogen-bond donors (Lipinski definition) is 2. The van der Waals surface area contributed by atoms with Crippen molar-refractivity contribution in [3.8, 4) is 17.2 Å². The summed E-state index contributed by atoms with van der Waals surface area (Å²) in [6.07, 6.45) is 1.32. The maximum atomic E-state index is 12.5. The molecule has 0 atom stereocenters. The highest BCUT2D eigenvalue weighted by atomic mass is 32.2. The maximum absolute atomic E-state index is 12.5. The number of ether oxygens (including phenoxy) is 2. The number of carbonyl (C=O) groups is 1. The van der Waals surface area contributed by atoms with E-state index in [1.165, 1.54) is 51.7 Å². The molecule has 1 amide bonds. The first-order chi connectivity index (χ1) is 13.7. The van der Waals surface area contributed by atoms with E-state index < -0.39 is 22.5 Å². The maximum Gasteiger partial charge on any atom is 0.255 e. The third-order valence-corrected chi connectivity index (χ3v) is 5.82. The molecule has 9 nitrogen and oxygen atoms in total. The molecule has 0 heterocycles. The number of rotatable bonds is 8. The van der Waals surface area contributed by atoms with Crippen molar-refractivity contribution < 1.29 is 27.8 Å². The smallest absolute Gasteiger partial charge is 0.255 e. The first-order valence-electron chi connectivity index (χ1n) is 8.49. The predicted octanol–water partition coefficient (Wildman–Crippen LogP) is 1.49. The number of phenolic OH excluding ortho intramolecular Hbond substituents is 1. The van der Waals surface area contributed by atoms with Gasteiger partial charge in [0.05, 0.1) is 31.9 Å². The van der Waals surface area contributed by atoms with Gasteiger partial charge in [-0.05, 0) is 31.2 Å². The Morgan fingerprint density at radius 2 is 1.72 bits per heavy atom. The minimum atomic E-state index is -3.79. The zero-order valence-electron chi connectivity index (χ0n) is 16.5. The van der Waals surface area contributed by atoms with Crippen LogP contribution in [-0.2, 0) is 14.8 Å². The van der Waals surface area contributed by atoms with Gasteiger partial charge in [-0.3, -0.25) is 4.79 Å². The molecule has 2 N–H and O–H groups in total. The van der Waals surface area contributed by atoms with E-state index in [-0.39, 0.29) is 22.1 Å². The van der Waals surface area contributed by atoms with Gasteiger partial charge < -0.3 is 14.6 Å². The number of benzene rings is 2. The number of carbonyl (C=O) groups excluding carboxylic acids is 1. The van der Waals surface area contributed by atoms with Gasteiger partial charge in [-0.25, -0.2) is 13.8 Å². The number of aromatic hydroxyl groups is 1. The quantitative estimate of drug-likeness (QED) is 0.493. The van der Waals surface area contributed by atoms with Crippen molar-refractivity contribution in [2.24, 2.45) is 5.10 Å². The Balaban J connectivity index is 2.03. The van der Waals surface area contributed by atoms with Crippen LogP contribution < -0.4 is 14.9 Å². The Labute approximate surface area is 169 Å². The van der Waals surface area contributed by atoms with Crippen molar-refractivity contribution in [3.63, 3.8) is 0 Å². The number of hydrazone groups is 1. The zero-order chi connectivity index (χ0) is 21.6. The van der Waals surface area contributed by atoms with E-state index in [4.69, 9.17) is 9.47 Å². The molecule has 0 radical (unpaired) electrons. The molecule has 0 aliphatic heterocycles. The SMILES string of the molecule is COc1cc(/C=N/NC(=O)CN(C)S(=O)(=O)c2ccc(C)cc2)cc(OC)c1O. The number of amides is 1. The van der Waals surface area contributed by atoms with Crippen LogP contribution >= 0.6 is 0 Å². The summed E-state index contributed by atoms with van der Waals surface area (Å²) in [7, 11) is 0.303. The van der Waals surface area contributed by atoms with Crippen LogP contribution in [0.4, 0.5) is 0 Å². The summed E-state index contributed by atoms with van der Waals surface area (Å²) in [5.74, 6) is -0.404. The molecule has 156 valence electrons. The highest BCUT2D eigenvalue weighted by molar-refractivity contribution is 7.89. The largest absolute Gasteiger partial charge is 0.502 e. The second kappa shape index (κ2) is 9.39. The lowest BCUT2D eigenvalue weighted by molar-refractivity contribution is -0.121. The van der Waals surface area contributed by atoms with Gasteiger partial charge in [0, 0.05) is 12.6 Å². The first kappa shape index (κ1) is 22.2. The molecular formula is C19H23N3O6S. The van der Waals surface area contributed by atoms with Crippen molar-refractivity contribution in [3.05, 3.63) is 47.5 Å². The highest BCUT2D eigenvalue weighted by Gasteiger charge is 2.22. The summed E-state index contributed by atoms with van der Waals surface area (Å²) in [5, 5.41) is 13.7. The monoisotopic (exact) mass is 421 g/mol. The normalized spacial score (nSPS) is 11.6. The summed E-state index contributed by atoms with van der Waals surface area (Å²) >= 11 is 0. The van der Waals surface area contributed by atoms with Crippen LogP contribution in [0.2, 0.25) is 0 Å². The summed E-state index contributed by atoms with van der Waals surface area (Å²) in [6.45, 7) is 1.45. The minimum absolute atomic E-state index is 0.102. The van der Waals surface area contributed by atoms with Crippen molar-refractivity contribution in [2.75, 3.05) is 27.8 Å². The van der Waals surface area contributed by atoms with Crippen LogP contribution in [0.1, 0.15) is 11.1 Å². The minimum Gasteiger partial charge on any atom is -0.502 e. The number of nitrogens with zero attached hydrogens (tertiary/aromatic N) is 2. The fraction of sp³-hybridized carbons (Fsp3) is 0.263. The molecule has 0 aliphatic rings. The number of sulfonamides is 1. The summed E-state index contributed by atoms with van der Waals surface area (Å²) < 4.78 is 36.0. The van der Waals surface area contributed by atoms with Crippen molar-refractivity contribution in [1.29, 1.82) is 0 Å². The summed E-state index contributed by atoms with van der Waals surface area (Å²) in [5.41, 5.74) is 3.69. The van der Waals surface area contributed by atoms with Crippen molar-refractivity contribution in [1.82, 2.24) is 9.73 Å². The average molecular weight is 421 g/mol. The molecule has 0 unspecified atom stereocenters. The van der Waals surface area contributed by atoms with Gasteiger partial charge in [-0.2, -0.15) is 9.41 Å². The van der Waals surface area contributed by atoms with Gasteiger partial charge in [0.25, 0.3) is 5.91 Å². The Bertz CT molecular complexity index is 978. The number of aryl methyl sites for hydroxylation is 1. The van der Waals surface area contributed by atoms with Gasteiger partial charge in [-0.15, -0.1) is 0 Å². The Hall–Kier alpha value is -3.11. The van der Waals surface area contributed by atoms with E-state index in [0.29, 0.717) is 5.56 Å². The van der Waals surface area contributed by atoms with Crippen LogP contribution in [0.25, 0.3) is 0 Å². The van der Waals surface area contributed by atoms with Crippen LogP contribution in [0, 0.1) is 6.92 Å². The third kappa shape index (κ3) is 5.46.